The molecule has 0 bridgehead atoms. The minimum atomic E-state index is -1.32. The van der Waals surface area contributed by atoms with E-state index in [1.807, 2.05) is 0 Å². The lowest BCUT2D eigenvalue weighted by molar-refractivity contribution is 0.0442. The average Bonchev–Trinajstić information content (AvgIpc) is 3.00. The minimum absolute atomic E-state index is 0.215. The van der Waals surface area contributed by atoms with Crippen LogP contribution in [-0.2, 0) is 4.74 Å². The number of benzene rings is 3. The Morgan fingerprint density at radius 2 is 1.07 bits per heavy atom. The minimum Gasteiger partial charge on any atom is -0.478 e. The van der Waals surface area contributed by atoms with Crippen molar-refractivity contribution in [2.75, 3.05) is 0 Å². The van der Waals surface area contributed by atoms with Gasteiger partial charge in [0.1, 0.15) is 0 Å². The molecule has 1 aliphatic rings. The van der Waals surface area contributed by atoms with Crippen LogP contribution in [0.4, 0.5) is 0 Å². The lowest BCUT2D eigenvalue weighted by atomic mass is 9.96. The molecule has 0 unspecified atom stereocenters. The van der Waals surface area contributed by atoms with Gasteiger partial charge < -0.3 is 14.9 Å². The summed E-state index contributed by atoms with van der Waals surface area (Å²) in [5, 5.41) is 18.4. The molecule has 0 aliphatic carbocycles. The largest absolute Gasteiger partial charge is 0.478 e. The zero-order valence-corrected chi connectivity index (χ0v) is 14.7. The summed E-state index contributed by atoms with van der Waals surface area (Å²) in [7, 11) is 0. The summed E-state index contributed by atoms with van der Waals surface area (Å²) < 4.78 is 4.59. The van der Waals surface area contributed by atoms with Crippen molar-refractivity contribution in [1.82, 2.24) is 0 Å². The molecule has 29 heavy (non-hydrogen) atoms. The van der Waals surface area contributed by atoms with E-state index in [2.05, 4.69) is 4.74 Å². The first kappa shape index (κ1) is 18.1. The molecule has 142 valence electrons. The Morgan fingerprint density at radius 3 is 1.66 bits per heavy atom. The Morgan fingerprint density at radius 1 is 0.586 bits per heavy atom. The van der Waals surface area contributed by atoms with E-state index in [1.165, 1.54) is 18.2 Å². The number of carboxylic acids is 2. The molecule has 0 atom stereocenters. The summed E-state index contributed by atoms with van der Waals surface area (Å²) in [6.45, 7) is 0. The van der Waals surface area contributed by atoms with Gasteiger partial charge in [0, 0.05) is 0 Å². The van der Waals surface area contributed by atoms with Crippen LogP contribution < -0.4 is 0 Å². The standard InChI is InChI=1S/C22H12O7/c23-19(24)15-7-5-13(9-17(15)20(25)26)11-1-3-12(4-2-11)14-6-8-16-18(10-14)22(28)29-21(16)27/h1-10H,(H,23,24)(H,25,26). The van der Waals surface area contributed by atoms with E-state index < -0.39 is 23.9 Å². The second-order valence-electron chi connectivity index (χ2n) is 6.39. The third-order valence-corrected chi connectivity index (χ3v) is 4.68. The van der Waals surface area contributed by atoms with Crippen molar-refractivity contribution in [3.05, 3.63) is 82.9 Å². The van der Waals surface area contributed by atoms with Crippen LogP contribution in [0.3, 0.4) is 0 Å². The fraction of sp³-hybridized carbons (Fsp3) is 0. The fourth-order valence-corrected chi connectivity index (χ4v) is 3.21. The molecule has 0 spiro atoms. The number of esters is 2. The van der Waals surface area contributed by atoms with E-state index >= 15 is 0 Å². The van der Waals surface area contributed by atoms with Gasteiger partial charge in [0.2, 0.25) is 0 Å². The summed E-state index contributed by atoms with van der Waals surface area (Å²) in [6, 6.07) is 16.0. The molecule has 1 aliphatic heterocycles. The van der Waals surface area contributed by atoms with Crippen molar-refractivity contribution < 1.29 is 34.1 Å². The predicted molar refractivity (Wildman–Crippen MR) is 101 cm³/mol. The van der Waals surface area contributed by atoms with Crippen LogP contribution in [0.15, 0.2) is 60.7 Å². The second kappa shape index (κ2) is 6.72. The number of hydrogen-bond acceptors (Lipinski definition) is 5. The number of fused-ring (bicyclic) bond motifs is 1. The number of ether oxygens (including phenoxy) is 1. The van der Waals surface area contributed by atoms with E-state index in [9.17, 15) is 24.3 Å². The maximum absolute atomic E-state index is 11.7. The van der Waals surface area contributed by atoms with Crippen LogP contribution in [-0.4, -0.2) is 34.1 Å². The Hall–Kier alpha value is -4.26. The van der Waals surface area contributed by atoms with Gasteiger partial charge >= 0.3 is 23.9 Å². The van der Waals surface area contributed by atoms with E-state index in [-0.39, 0.29) is 22.3 Å². The van der Waals surface area contributed by atoms with Crippen LogP contribution in [0, 0.1) is 0 Å². The zero-order valence-electron chi connectivity index (χ0n) is 14.7. The maximum atomic E-state index is 11.7. The smallest absolute Gasteiger partial charge is 0.346 e. The molecular formula is C22H12O7. The van der Waals surface area contributed by atoms with Crippen LogP contribution in [0.1, 0.15) is 41.4 Å². The number of aromatic carboxylic acids is 2. The van der Waals surface area contributed by atoms with Gasteiger partial charge in [-0.25, -0.2) is 19.2 Å². The van der Waals surface area contributed by atoms with Gasteiger partial charge in [-0.15, -0.1) is 0 Å². The Balaban J connectivity index is 1.69. The molecule has 0 radical (unpaired) electrons. The molecule has 3 aromatic carbocycles. The molecule has 0 saturated heterocycles. The van der Waals surface area contributed by atoms with Gasteiger partial charge in [0.15, 0.2) is 0 Å². The molecule has 0 fully saturated rings. The first-order valence-electron chi connectivity index (χ1n) is 8.47. The van der Waals surface area contributed by atoms with Crippen LogP contribution in [0.25, 0.3) is 22.3 Å². The summed E-state index contributed by atoms with van der Waals surface area (Å²) in [5.74, 6) is -3.97. The first-order chi connectivity index (χ1) is 13.8. The molecule has 0 aromatic heterocycles. The monoisotopic (exact) mass is 388 g/mol. The van der Waals surface area contributed by atoms with Gasteiger partial charge in [0.05, 0.1) is 22.3 Å². The van der Waals surface area contributed by atoms with Crippen LogP contribution >= 0.6 is 0 Å². The number of carbonyl (C=O) groups is 4. The van der Waals surface area contributed by atoms with Crippen LogP contribution in [0.2, 0.25) is 0 Å². The number of carbonyl (C=O) groups excluding carboxylic acids is 2. The summed E-state index contributed by atoms with van der Waals surface area (Å²) in [5.41, 5.74) is 2.63. The fourth-order valence-electron chi connectivity index (χ4n) is 3.21. The van der Waals surface area contributed by atoms with E-state index in [1.54, 1.807) is 42.5 Å². The normalized spacial score (nSPS) is 12.4. The van der Waals surface area contributed by atoms with Gasteiger partial charge in [-0.1, -0.05) is 36.4 Å². The van der Waals surface area contributed by atoms with Crippen molar-refractivity contribution in [3.8, 4) is 22.3 Å². The summed E-state index contributed by atoms with van der Waals surface area (Å²) in [4.78, 5) is 45.8. The number of rotatable bonds is 4. The molecule has 0 amide bonds. The second-order valence-corrected chi connectivity index (χ2v) is 6.39. The van der Waals surface area contributed by atoms with Gasteiger partial charge in [-0.2, -0.15) is 0 Å². The molecule has 7 nitrogen and oxygen atoms in total. The number of carboxylic acid groups (broad SMARTS) is 2. The number of cyclic esters (lactones) is 2. The summed E-state index contributed by atoms with van der Waals surface area (Å²) in [6.07, 6.45) is 0. The predicted octanol–water partition coefficient (Wildman–Crippen LogP) is 3.73. The van der Waals surface area contributed by atoms with Gasteiger partial charge in [0.25, 0.3) is 0 Å². The van der Waals surface area contributed by atoms with Crippen LogP contribution in [0.5, 0.6) is 0 Å². The van der Waals surface area contributed by atoms with E-state index in [0.29, 0.717) is 11.1 Å². The zero-order chi connectivity index (χ0) is 20.7. The molecule has 0 saturated carbocycles. The SMILES string of the molecule is O=C(O)c1ccc(-c2ccc(-c3ccc4c(c3)C(=O)OC4=O)cc2)cc1C(=O)O. The van der Waals surface area contributed by atoms with Gasteiger partial charge in [-0.3, -0.25) is 0 Å². The highest BCUT2D eigenvalue weighted by Gasteiger charge is 2.29. The average molecular weight is 388 g/mol. The lowest BCUT2D eigenvalue weighted by Crippen LogP contribution is -2.07. The van der Waals surface area contributed by atoms with E-state index in [0.717, 1.165) is 11.1 Å². The third kappa shape index (κ3) is 3.14. The molecule has 1 heterocycles. The van der Waals surface area contributed by atoms with Crippen molar-refractivity contribution in [1.29, 1.82) is 0 Å². The van der Waals surface area contributed by atoms with E-state index in [4.69, 9.17) is 5.11 Å². The molecule has 3 aromatic rings. The van der Waals surface area contributed by atoms with Crippen molar-refractivity contribution in [2.24, 2.45) is 0 Å². The maximum Gasteiger partial charge on any atom is 0.346 e. The Bertz CT molecular complexity index is 1210. The van der Waals surface area contributed by atoms with Gasteiger partial charge in [-0.05, 0) is 46.5 Å². The highest BCUT2D eigenvalue weighted by molar-refractivity contribution is 6.15. The topological polar surface area (TPSA) is 118 Å². The third-order valence-electron chi connectivity index (χ3n) is 4.68. The van der Waals surface area contributed by atoms with Crippen molar-refractivity contribution in [3.63, 3.8) is 0 Å². The molecule has 2 N–H and O–H groups in total. The lowest BCUT2D eigenvalue weighted by Gasteiger charge is -2.08. The highest BCUT2D eigenvalue weighted by atomic mass is 16.6. The highest BCUT2D eigenvalue weighted by Crippen LogP contribution is 2.29. The van der Waals surface area contributed by atoms with Crippen molar-refractivity contribution in [2.45, 2.75) is 0 Å². The molecule has 4 rings (SSSR count). The quantitative estimate of drug-likeness (QED) is 0.516. The first-order valence-corrected chi connectivity index (χ1v) is 8.47. The Labute approximate surface area is 163 Å². The molecular weight excluding hydrogens is 376 g/mol. The number of hydrogen-bond donors (Lipinski definition) is 2. The van der Waals surface area contributed by atoms with Crippen molar-refractivity contribution >= 4 is 23.9 Å². The molecule has 7 heteroatoms. The Kier molecular flexibility index (Phi) is 4.20. The summed E-state index contributed by atoms with van der Waals surface area (Å²) >= 11 is 0.